The first-order valence-electron chi connectivity index (χ1n) is 11.7. The number of nitrogens with zero attached hydrogens (tertiary/aromatic N) is 4. The Hall–Kier alpha value is -2.00. The maximum Gasteiger partial charge on any atom is 0.230 e. The van der Waals surface area contributed by atoms with Crippen LogP contribution in [0.15, 0.2) is 41.7 Å². The number of rotatable bonds is 10. The van der Waals surface area contributed by atoms with Crippen LogP contribution in [0.2, 0.25) is 0 Å². The Morgan fingerprint density at radius 1 is 1.06 bits per heavy atom. The van der Waals surface area contributed by atoms with Crippen molar-refractivity contribution >= 4 is 39.2 Å². The first-order chi connectivity index (χ1) is 16.1. The summed E-state index contributed by atoms with van der Waals surface area (Å²) in [4.78, 5) is 28.4. The highest BCUT2D eigenvalue weighted by Crippen LogP contribution is 2.34. The number of carbonyl (C=O) groups excluding carboxylic acids is 1. The summed E-state index contributed by atoms with van der Waals surface area (Å²) in [6.07, 6.45) is 3.73. The van der Waals surface area contributed by atoms with Crippen LogP contribution in [0.5, 0.6) is 0 Å². The first kappa shape index (κ1) is 24.1. The molecule has 1 N–H and O–H groups in total. The Morgan fingerprint density at radius 2 is 1.82 bits per heavy atom. The Labute approximate surface area is 204 Å². The average Bonchev–Trinajstić information content (AvgIpc) is 3.13. The highest BCUT2D eigenvalue weighted by molar-refractivity contribution is 8.00. The SMILES string of the molecule is Cc1sc2ncnc(SCC(=O)NCCCCN3CCN(Cc4ccccc4)CC3)c2c1C. The number of fused-ring (bicyclic) bond motifs is 1. The van der Waals surface area contributed by atoms with Crippen LogP contribution in [0.4, 0.5) is 0 Å². The normalized spacial score (nSPS) is 15.2. The van der Waals surface area contributed by atoms with E-state index < -0.39 is 0 Å². The summed E-state index contributed by atoms with van der Waals surface area (Å²) in [5.41, 5.74) is 2.61. The fourth-order valence-corrected chi connectivity index (χ4v) is 6.09. The molecule has 2 aromatic heterocycles. The van der Waals surface area contributed by atoms with Crippen molar-refractivity contribution < 1.29 is 4.79 Å². The van der Waals surface area contributed by atoms with E-state index in [2.05, 4.69) is 69.3 Å². The molecule has 1 fully saturated rings. The molecule has 0 aliphatic carbocycles. The summed E-state index contributed by atoms with van der Waals surface area (Å²) in [7, 11) is 0. The third kappa shape index (κ3) is 6.76. The molecule has 0 radical (unpaired) electrons. The molecule has 8 heteroatoms. The molecular weight excluding hydrogens is 450 g/mol. The van der Waals surface area contributed by atoms with Gasteiger partial charge < -0.3 is 10.2 Å². The maximum absolute atomic E-state index is 12.3. The molecule has 3 aromatic rings. The number of piperazine rings is 1. The number of nitrogens with one attached hydrogen (secondary N) is 1. The number of thioether (sulfide) groups is 1. The second-order valence-electron chi connectivity index (χ2n) is 8.59. The molecule has 1 aliphatic rings. The number of hydrogen-bond donors (Lipinski definition) is 1. The van der Waals surface area contributed by atoms with E-state index >= 15 is 0 Å². The smallest absolute Gasteiger partial charge is 0.230 e. The molecule has 0 atom stereocenters. The van der Waals surface area contributed by atoms with Gasteiger partial charge in [0, 0.05) is 49.5 Å². The summed E-state index contributed by atoms with van der Waals surface area (Å²) in [5.74, 6) is 0.468. The van der Waals surface area contributed by atoms with E-state index in [0.717, 1.165) is 73.9 Å². The quantitative estimate of drug-likeness (QED) is 0.266. The lowest BCUT2D eigenvalue weighted by Gasteiger charge is -2.34. The van der Waals surface area contributed by atoms with Gasteiger partial charge in [-0.2, -0.15) is 0 Å². The third-order valence-electron chi connectivity index (χ3n) is 6.21. The van der Waals surface area contributed by atoms with E-state index in [0.29, 0.717) is 5.75 Å². The molecule has 1 saturated heterocycles. The van der Waals surface area contributed by atoms with Gasteiger partial charge in [0.2, 0.25) is 5.91 Å². The van der Waals surface area contributed by atoms with Gasteiger partial charge in [-0.25, -0.2) is 9.97 Å². The van der Waals surface area contributed by atoms with Gasteiger partial charge in [0.15, 0.2) is 0 Å². The number of aromatic nitrogens is 2. The van der Waals surface area contributed by atoms with Crippen LogP contribution in [-0.2, 0) is 11.3 Å². The number of thiophene rings is 1. The van der Waals surface area contributed by atoms with Crippen molar-refractivity contribution in [3.05, 3.63) is 52.7 Å². The Balaban J connectivity index is 1.09. The molecule has 0 spiro atoms. The van der Waals surface area contributed by atoms with Crippen molar-refractivity contribution in [3.8, 4) is 0 Å². The van der Waals surface area contributed by atoms with E-state index in [-0.39, 0.29) is 5.91 Å². The molecule has 0 saturated carbocycles. The summed E-state index contributed by atoms with van der Waals surface area (Å²) >= 11 is 3.19. The fraction of sp³-hybridized carbons (Fsp3) is 0.480. The van der Waals surface area contributed by atoms with Gasteiger partial charge in [0.05, 0.1) is 5.75 Å². The van der Waals surface area contributed by atoms with E-state index in [1.54, 1.807) is 17.7 Å². The van der Waals surface area contributed by atoms with E-state index in [4.69, 9.17) is 0 Å². The number of unbranched alkanes of at least 4 members (excludes halogenated alkanes) is 1. The molecule has 3 heterocycles. The molecule has 1 amide bonds. The van der Waals surface area contributed by atoms with Crippen LogP contribution < -0.4 is 5.32 Å². The summed E-state index contributed by atoms with van der Waals surface area (Å²) < 4.78 is 0. The zero-order valence-corrected chi connectivity index (χ0v) is 21.2. The zero-order chi connectivity index (χ0) is 23.0. The van der Waals surface area contributed by atoms with Gasteiger partial charge in [0.25, 0.3) is 0 Å². The largest absolute Gasteiger partial charge is 0.355 e. The van der Waals surface area contributed by atoms with E-state index in [1.807, 2.05) is 0 Å². The van der Waals surface area contributed by atoms with E-state index in [1.165, 1.54) is 27.8 Å². The molecule has 176 valence electrons. The standard InChI is InChI=1S/C25H33N5OS2/c1-19-20(2)33-25-23(19)24(27-18-28-25)32-17-22(31)26-10-6-7-11-29-12-14-30(15-13-29)16-21-8-4-3-5-9-21/h3-5,8-9,18H,6-7,10-17H2,1-2H3,(H,26,31). The van der Waals surface area contributed by atoms with Crippen molar-refractivity contribution in [2.75, 3.05) is 45.0 Å². The lowest BCUT2D eigenvalue weighted by atomic mass is 10.2. The van der Waals surface area contributed by atoms with Crippen molar-refractivity contribution in [3.63, 3.8) is 0 Å². The van der Waals surface area contributed by atoms with Gasteiger partial charge in [-0.1, -0.05) is 42.1 Å². The number of benzene rings is 1. The minimum absolute atomic E-state index is 0.0749. The van der Waals surface area contributed by atoms with Crippen molar-refractivity contribution in [2.45, 2.75) is 38.3 Å². The first-order valence-corrected chi connectivity index (χ1v) is 13.5. The minimum atomic E-state index is 0.0749. The van der Waals surface area contributed by atoms with Crippen molar-refractivity contribution in [1.29, 1.82) is 0 Å². The van der Waals surface area contributed by atoms with Crippen molar-refractivity contribution in [2.24, 2.45) is 0 Å². The van der Waals surface area contributed by atoms with Gasteiger partial charge in [-0.15, -0.1) is 11.3 Å². The fourth-order valence-electron chi connectivity index (χ4n) is 4.15. The van der Waals surface area contributed by atoms with Gasteiger partial charge in [0.1, 0.15) is 16.2 Å². The highest BCUT2D eigenvalue weighted by Gasteiger charge is 2.17. The van der Waals surface area contributed by atoms with Crippen LogP contribution in [0, 0.1) is 13.8 Å². The maximum atomic E-state index is 12.3. The number of carbonyl (C=O) groups is 1. The highest BCUT2D eigenvalue weighted by atomic mass is 32.2. The van der Waals surface area contributed by atoms with Crippen LogP contribution in [0.1, 0.15) is 28.8 Å². The average molecular weight is 484 g/mol. The van der Waals surface area contributed by atoms with E-state index in [9.17, 15) is 4.79 Å². The number of aryl methyl sites for hydroxylation is 2. The number of amides is 1. The molecule has 0 unspecified atom stereocenters. The monoisotopic (exact) mass is 483 g/mol. The minimum Gasteiger partial charge on any atom is -0.355 e. The summed E-state index contributed by atoms with van der Waals surface area (Å²) in [6.45, 7) is 11.6. The second-order valence-corrected chi connectivity index (χ2v) is 10.8. The van der Waals surface area contributed by atoms with Crippen LogP contribution in [0.25, 0.3) is 10.2 Å². The molecule has 33 heavy (non-hydrogen) atoms. The van der Waals surface area contributed by atoms with Gasteiger partial charge >= 0.3 is 0 Å². The summed E-state index contributed by atoms with van der Waals surface area (Å²) in [5, 5.41) is 5.07. The molecule has 0 bridgehead atoms. The zero-order valence-electron chi connectivity index (χ0n) is 19.5. The lowest BCUT2D eigenvalue weighted by molar-refractivity contribution is -0.118. The van der Waals surface area contributed by atoms with Gasteiger partial charge in [-0.3, -0.25) is 9.69 Å². The van der Waals surface area contributed by atoms with Crippen LogP contribution in [0.3, 0.4) is 0 Å². The molecular formula is C25H33N5OS2. The number of hydrogen-bond acceptors (Lipinski definition) is 7. The lowest BCUT2D eigenvalue weighted by Crippen LogP contribution is -2.46. The molecule has 6 nitrogen and oxygen atoms in total. The Morgan fingerprint density at radius 3 is 2.61 bits per heavy atom. The molecule has 1 aromatic carbocycles. The van der Waals surface area contributed by atoms with Crippen molar-refractivity contribution in [1.82, 2.24) is 25.1 Å². The Kier molecular flexibility index (Phi) is 8.72. The summed E-state index contributed by atoms with van der Waals surface area (Å²) in [6, 6.07) is 10.7. The predicted molar refractivity (Wildman–Crippen MR) is 138 cm³/mol. The van der Waals surface area contributed by atoms with Gasteiger partial charge in [-0.05, 0) is 44.4 Å². The second kappa shape index (κ2) is 11.9. The molecule has 4 rings (SSSR count). The third-order valence-corrected chi connectivity index (χ3v) is 8.31. The predicted octanol–water partition coefficient (Wildman–Crippen LogP) is 4.11. The topological polar surface area (TPSA) is 61.4 Å². The van der Waals surface area contributed by atoms with Crippen LogP contribution >= 0.6 is 23.1 Å². The Bertz CT molecular complexity index is 1050. The molecule has 1 aliphatic heterocycles. The van der Waals surface area contributed by atoms with Crippen LogP contribution in [-0.4, -0.2) is 70.7 Å².